The van der Waals surface area contributed by atoms with Crippen LogP contribution in [0.25, 0.3) is 0 Å². The van der Waals surface area contributed by atoms with Crippen molar-refractivity contribution in [2.24, 2.45) is 5.92 Å². The van der Waals surface area contributed by atoms with Crippen molar-refractivity contribution in [1.82, 2.24) is 4.98 Å². The number of hydrogen-bond acceptors (Lipinski definition) is 4. The molecule has 0 aromatic carbocycles. The van der Waals surface area contributed by atoms with E-state index in [0.29, 0.717) is 17.8 Å². The molecule has 1 aromatic rings. The summed E-state index contributed by atoms with van der Waals surface area (Å²) in [7, 11) is 0. The van der Waals surface area contributed by atoms with Gasteiger partial charge in [-0.2, -0.15) is 5.26 Å². The lowest BCUT2D eigenvalue weighted by molar-refractivity contribution is 0.0898. The Bertz CT molecular complexity index is 450. The van der Waals surface area contributed by atoms with Crippen molar-refractivity contribution in [3.8, 4) is 6.07 Å². The van der Waals surface area contributed by atoms with E-state index in [2.05, 4.69) is 16.4 Å². The van der Waals surface area contributed by atoms with Gasteiger partial charge in [-0.15, -0.1) is 0 Å². The fourth-order valence-electron chi connectivity index (χ4n) is 2.42. The molecule has 1 aromatic heterocycles. The second kappa shape index (κ2) is 4.34. The molecule has 1 aliphatic carbocycles. The molecular weight excluding hydrogens is 214 g/mol. The van der Waals surface area contributed by atoms with Crippen LogP contribution in [0.5, 0.6) is 0 Å². The third-order valence-electron chi connectivity index (χ3n) is 3.42. The zero-order valence-electron chi connectivity index (χ0n) is 9.60. The van der Waals surface area contributed by atoms with Crippen LogP contribution in [0.4, 0.5) is 5.82 Å². The normalized spacial score (nSPS) is 27.7. The average molecular weight is 229 g/mol. The van der Waals surface area contributed by atoms with Crippen molar-refractivity contribution < 1.29 is 4.74 Å². The van der Waals surface area contributed by atoms with E-state index in [9.17, 15) is 0 Å². The Kier molecular flexibility index (Phi) is 2.69. The molecule has 2 atom stereocenters. The summed E-state index contributed by atoms with van der Waals surface area (Å²) in [5.41, 5.74) is 0.455. The van der Waals surface area contributed by atoms with Crippen molar-refractivity contribution in [2.75, 3.05) is 11.9 Å². The van der Waals surface area contributed by atoms with Crippen molar-refractivity contribution in [3.63, 3.8) is 0 Å². The molecule has 2 fully saturated rings. The molecule has 4 heteroatoms. The number of ether oxygens (including phenoxy) is 1. The number of aromatic nitrogens is 1. The van der Waals surface area contributed by atoms with Crippen LogP contribution in [-0.2, 0) is 4.74 Å². The molecular formula is C13H15N3O. The predicted octanol–water partition coefficient (Wildman–Crippen LogP) is 1.93. The maximum absolute atomic E-state index is 8.81. The maximum atomic E-state index is 8.81. The van der Waals surface area contributed by atoms with Crippen molar-refractivity contribution in [2.45, 2.75) is 31.4 Å². The molecule has 0 spiro atoms. The van der Waals surface area contributed by atoms with E-state index in [1.807, 2.05) is 12.1 Å². The third kappa shape index (κ3) is 2.25. The van der Waals surface area contributed by atoms with Crippen molar-refractivity contribution in [1.29, 1.82) is 5.26 Å². The van der Waals surface area contributed by atoms with Crippen LogP contribution in [0.15, 0.2) is 18.2 Å². The van der Waals surface area contributed by atoms with Crippen LogP contribution in [0, 0.1) is 17.2 Å². The molecule has 0 bridgehead atoms. The zero-order valence-corrected chi connectivity index (χ0v) is 9.60. The number of rotatable bonds is 3. The molecule has 3 rings (SSSR count). The van der Waals surface area contributed by atoms with Crippen LogP contribution in [0.2, 0.25) is 0 Å². The van der Waals surface area contributed by atoms with Gasteiger partial charge in [-0.25, -0.2) is 4.98 Å². The Balaban J connectivity index is 1.71. The lowest BCUT2D eigenvalue weighted by atomic mass is 10.1. The predicted molar refractivity (Wildman–Crippen MR) is 63.4 cm³/mol. The van der Waals surface area contributed by atoms with E-state index in [1.165, 1.54) is 12.8 Å². The van der Waals surface area contributed by atoms with E-state index >= 15 is 0 Å². The van der Waals surface area contributed by atoms with Gasteiger partial charge in [0.2, 0.25) is 0 Å². The van der Waals surface area contributed by atoms with Gasteiger partial charge >= 0.3 is 0 Å². The first-order valence-corrected chi connectivity index (χ1v) is 6.12. The Morgan fingerprint density at radius 2 is 2.24 bits per heavy atom. The number of nitrogens with one attached hydrogen (secondary N) is 1. The number of pyridine rings is 1. The molecule has 2 unspecified atom stereocenters. The van der Waals surface area contributed by atoms with Gasteiger partial charge in [0.25, 0.3) is 0 Å². The van der Waals surface area contributed by atoms with E-state index in [1.54, 1.807) is 6.07 Å². The standard InChI is InChI=1S/C13H15N3O/c14-8-10-2-1-3-12(15-10)16-11-6-7-17-13(11)9-4-5-9/h1-3,9,11,13H,4-7H2,(H,15,16). The molecule has 0 radical (unpaired) electrons. The lowest BCUT2D eigenvalue weighted by Crippen LogP contribution is -2.31. The summed E-state index contributed by atoms with van der Waals surface area (Å²) >= 11 is 0. The molecule has 1 N–H and O–H groups in total. The summed E-state index contributed by atoms with van der Waals surface area (Å²) in [5.74, 6) is 1.51. The minimum Gasteiger partial charge on any atom is -0.376 e. The highest BCUT2D eigenvalue weighted by atomic mass is 16.5. The zero-order chi connectivity index (χ0) is 11.7. The minimum absolute atomic E-state index is 0.336. The summed E-state index contributed by atoms with van der Waals surface area (Å²) in [5, 5.41) is 12.2. The molecule has 88 valence electrons. The first kappa shape index (κ1) is 10.5. The quantitative estimate of drug-likeness (QED) is 0.860. The molecule has 4 nitrogen and oxygen atoms in total. The van der Waals surface area contributed by atoms with Gasteiger partial charge in [-0.05, 0) is 37.3 Å². The summed E-state index contributed by atoms with van der Waals surface area (Å²) in [6.07, 6.45) is 3.94. The largest absolute Gasteiger partial charge is 0.376 e. The van der Waals surface area contributed by atoms with E-state index < -0.39 is 0 Å². The summed E-state index contributed by atoms with van der Waals surface area (Å²) in [4.78, 5) is 4.24. The van der Waals surface area contributed by atoms with Crippen LogP contribution in [-0.4, -0.2) is 23.7 Å². The molecule has 2 heterocycles. The fourth-order valence-corrected chi connectivity index (χ4v) is 2.42. The topological polar surface area (TPSA) is 57.9 Å². The van der Waals surface area contributed by atoms with Crippen LogP contribution < -0.4 is 5.32 Å². The van der Waals surface area contributed by atoms with Crippen LogP contribution >= 0.6 is 0 Å². The van der Waals surface area contributed by atoms with E-state index in [4.69, 9.17) is 10.00 Å². The number of hydrogen-bond donors (Lipinski definition) is 1. The Morgan fingerprint density at radius 1 is 1.35 bits per heavy atom. The van der Waals surface area contributed by atoms with Crippen LogP contribution in [0.1, 0.15) is 25.0 Å². The van der Waals surface area contributed by atoms with E-state index in [-0.39, 0.29) is 0 Å². The van der Waals surface area contributed by atoms with Gasteiger partial charge < -0.3 is 10.1 Å². The highest BCUT2D eigenvalue weighted by Gasteiger charge is 2.40. The number of nitriles is 1. The summed E-state index contributed by atoms with van der Waals surface area (Å²) in [6, 6.07) is 7.89. The van der Waals surface area contributed by atoms with Crippen molar-refractivity contribution >= 4 is 5.82 Å². The first-order chi connectivity index (χ1) is 8.36. The fraction of sp³-hybridized carbons (Fsp3) is 0.538. The van der Waals surface area contributed by atoms with Gasteiger partial charge in [0.05, 0.1) is 12.1 Å². The molecule has 1 saturated carbocycles. The van der Waals surface area contributed by atoms with Gasteiger partial charge in [0, 0.05) is 6.61 Å². The molecule has 0 amide bonds. The number of anilines is 1. The SMILES string of the molecule is N#Cc1cccc(NC2CCOC2C2CC2)n1. The maximum Gasteiger partial charge on any atom is 0.142 e. The average Bonchev–Trinajstić information content (AvgIpc) is 3.11. The highest BCUT2D eigenvalue weighted by molar-refractivity contribution is 5.39. The third-order valence-corrected chi connectivity index (χ3v) is 3.42. The second-order valence-electron chi connectivity index (χ2n) is 4.73. The minimum atomic E-state index is 0.336. The van der Waals surface area contributed by atoms with Gasteiger partial charge in [0.15, 0.2) is 0 Å². The molecule has 2 aliphatic rings. The van der Waals surface area contributed by atoms with Crippen molar-refractivity contribution in [3.05, 3.63) is 23.9 Å². The van der Waals surface area contributed by atoms with Crippen LogP contribution in [0.3, 0.4) is 0 Å². The molecule has 1 saturated heterocycles. The molecule has 17 heavy (non-hydrogen) atoms. The van der Waals surface area contributed by atoms with Gasteiger partial charge in [-0.3, -0.25) is 0 Å². The highest BCUT2D eigenvalue weighted by Crippen LogP contribution is 2.39. The Hall–Kier alpha value is -1.60. The first-order valence-electron chi connectivity index (χ1n) is 6.12. The van der Waals surface area contributed by atoms with Gasteiger partial charge in [-0.1, -0.05) is 6.07 Å². The monoisotopic (exact) mass is 229 g/mol. The smallest absolute Gasteiger partial charge is 0.142 e. The summed E-state index contributed by atoms with van der Waals surface area (Å²) in [6.45, 7) is 0.830. The van der Waals surface area contributed by atoms with E-state index in [0.717, 1.165) is 24.8 Å². The Labute approximate surface area is 101 Å². The van der Waals surface area contributed by atoms with Gasteiger partial charge in [0.1, 0.15) is 17.6 Å². The Morgan fingerprint density at radius 3 is 3.00 bits per heavy atom. The summed E-state index contributed by atoms with van der Waals surface area (Å²) < 4.78 is 5.76. The molecule has 1 aliphatic heterocycles. The second-order valence-corrected chi connectivity index (χ2v) is 4.73. The lowest BCUT2D eigenvalue weighted by Gasteiger charge is -2.19. The number of nitrogens with zero attached hydrogens (tertiary/aromatic N) is 2.